The molecule has 0 aromatic heterocycles. The molecular weight excluding hydrogens is 556 g/mol. The molecule has 1 aliphatic carbocycles. The number of Topliss-reactive ketones (excluding diaryl/α,β-unsaturated/α-hetero) is 1. The van der Waals surface area contributed by atoms with Crippen LogP contribution in [0.15, 0.2) is 95.3 Å². The Labute approximate surface area is 244 Å². The number of rotatable bonds is 8. The number of carbonyl (C=O) groups excluding carboxylic acids is 2. The van der Waals surface area contributed by atoms with Crippen LogP contribution in [0.1, 0.15) is 48.3 Å². The summed E-state index contributed by atoms with van der Waals surface area (Å²) in [6.07, 6.45) is 1.80. The number of methoxy groups -OCH3 is 1. The number of hydrogen-bond donors (Lipinski definition) is 3. The highest BCUT2D eigenvalue weighted by molar-refractivity contribution is 7.92. The third-order valence-electron chi connectivity index (χ3n) is 7.50. The summed E-state index contributed by atoms with van der Waals surface area (Å²) in [5, 5.41) is 13.6. The van der Waals surface area contributed by atoms with Crippen LogP contribution in [0.4, 0.5) is 5.69 Å². The van der Waals surface area contributed by atoms with Crippen molar-refractivity contribution in [1.29, 1.82) is 0 Å². The minimum Gasteiger partial charge on any atom is -0.508 e. The van der Waals surface area contributed by atoms with Crippen LogP contribution in [0, 0.1) is 0 Å². The number of anilines is 1. The highest BCUT2D eigenvalue weighted by Crippen LogP contribution is 2.47. The molecule has 0 fully saturated rings. The van der Waals surface area contributed by atoms with Gasteiger partial charge in [0.05, 0.1) is 24.6 Å². The van der Waals surface area contributed by atoms with Crippen LogP contribution in [0.25, 0.3) is 0 Å². The van der Waals surface area contributed by atoms with Gasteiger partial charge in [0, 0.05) is 40.8 Å². The van der Waals surface area contributed by atoms with Crippen molar-refractivity contribution in [2.24, 2.45) is 0 Å². The topological polar surface area (TPSA) is 131 Å². The molecule has 1 aliphatic heterocycles. The van der Waals surface area contributed by atoms with Gasteiger partial charge in [-0.15, -0.1) is 0 Å². The van der Waals surface area contributed by atoms with E-state index in [1.165, 1.54) is 6.07 Å². The van der Waals surface area contributed by atoms with Crippen LogP contribution in [0.2, 0.25) is 0 Å². The van der Waals surface area contributed by atoms with Gasteiger partial charge in [0.25, 0.3) is 0 Å². The fourth-order valence-corrected chi connectivity index (χ4v) is 6.34. The minimum absolute atomic E-state index is 0.00878. The van der Waals surface area contributed by atoms with Crippen molar-refractivity contribution in [2.75, 3.05) is 18.1 Å². The van der Waals surface area contributed by atoms with E-state index in [2.05, 4.69) is 10.0 Å². The van der Waals surface area contributed by atoms with Crippen molar-refractivity contribution in [2.45, 2.75) is 38.2 Å². The lowest BCUT2D eigenvalue weighted by Gasteiger charge is -2.37. The molecule has 3 N–H and O–H groups in total. The molecule has 2 atom stereocenters. The number of dihydropyridines is 1. The molecule has 42 heavy (non-hydrogen) atoms. The fourth-order valence-electron chi connectivity index (χ4n) is 5.74. The second-order valence-corrected chi connectivity index (χ2v) is 12.2. The number of ketones is 1. The molecule has 3 aromatic carbocycles. The van der Waals surface area contributed by atoms with Crippen molar-refractivity contribution in [3.05, 3.63) is 112 Å². The van der Waals surface area contributed by atoms with Gasteiger partial charge in [-0.05, 0) is 48.7 Å². The first kappa shape index (κ1) is 28.9. The number of nitrogens with one attached hydrogen (secondary N) is 2. The van der Waals surface area contributed by atoms with Crippen LogP contribution in [0.5, 0.6) is 11.5 Å². The number of benzene rings is 3. The molecule has 0 bridgehead atoms. The van der Waals surface area contributed by atoms with Gasteiger partial charge in [0.2, 0.25) is 10.0 Å². The van der Waals surface area contributed by atoms with E-state index < -0.39 is 21.9 Å². The Hall–Kier alpha value is -4.57. The quantitative estimate of drug-likeness (QED) is 0.318. The summed E-state index contributed by atoms with van der Waals surface area (Å²) in [7, 11) is -1.95. The Kier molecular flexibility index (Phi) is 8.08. The number of phenolic OH excluding ortho intramolecular Hbond substituents is 1. The van der Waals surface area contributed by atoms with Crippen molar-refractivity contribution in [3.8, 4) is 11.5 Å². The van der Waals surface area contributed by atoms with Crippen molar-refractivity contribution in [3.63, 3.8) is 0 Å². The van der Waals surface area contributed by atoms with Crippen LogP contribution < -0.4 is 14.8 Å². The number of hydrogen-bond acceptors (Lipinski definition) is 8. The van der Waals surface area contributed by atoms with Gasteiger partial charge >= 0.3 is 5.97 Å². The average molecular weight is 589 g/mol. The van der Waals surface area contributed by atoms with Gasteiger partial charge in [0.15, 0.2) is 5.78 Å². The minimum atomic E-state index is -3.55. The molecule has 0 saturated heterocycles. The van der Waals surface area contributed by atoms with E-state index in [1.807, 2.05) is 24.3 Å². The molecule has 0 amide bonds. The smallest absolute Gasteiger partial charge is 0.337 e. The van der Waals surface area contributed by atoms with Gasteiger partial charge < -0.3 is 19.9 Å². The Morgan fingerprint density at radius 2 is 1.79 bits per heavy atom. The number of sulfonamides is 1. The van der Waals surface area contributed by atoms with E-state index in [1.54, 1.807) is 56.5 Å². The molecule has 0 saturated carbocycles. The van der Waals surface area contributed by atoms with Gasteiger partial charge in [-0.25, -0.2) is 13.2 Å². The molecule has 2 aliphatic rings. The van der Waals surface area contributed by atoms with Gasteiger partial charge in [-0.3, -0.25) is 9.52 Å². The summed E-state index contributed by atoms with van der Waals surface area (Å²) in [4.78, 5) is 27.6. The molecule has 10 heteroatoms. The maximum atomic E-state index is 13.9. The molecule has 0 spiro atoms. The van der Waals surface area contributed by atoms with Gasteiger partial charge in [0.1, 0.15) is 18.1 Å². The number of aromatic hydroxyl groups is 1. The maximum Gasteiger partial charge on any atom is 0.337 e. The maximum absolute atomic E-state index is 13.9. The van der Waals surface area contributed by atoms with E-state index in [9.17, 15) is 23.1 Å². The number of allylic oxidation sites excluding steroid dienone is 3. The first-order chi connectivity index (χ1) is 20.1. The predicted octanol–water partition coefficient (Wildman–Crippen LogP) is 4.88. The van der Waals surface area contributed by atoms with Gasteiger partial charge in [-0.2, -0.15) is 0 Å². The van der Waals surface area contributed by atoms with Crippen molar-refractivity contribution >= 4 is 27.5 Å². The number of phenols is 1. The molecular formula is C32H32N2O7S. The molecule has 0 radical (unpaired) electrons. The number of esters is 1. The van der Waals surface area contributed by atoms with Crippen molar-refractivity contribution in [1.82, 2.24) is 5.32 Å². The van der Waals surface area contributed by atoms with E-state index in [-0.39, 0.29) is 36.1 Å². The molecule has 218 valence electrons. The van der Waals surface area contributed by atoms with Crippen LogP contribution in [-0.4, -0.2) is 38.6 Å². The second kappa shape index (κ2) is 11.7. The fraction of sp³-hybridized carbons (Fsp3) is 0.250. The number of carbonyl (C=O) groups is 2. The highest BCUT2D eigenvalue weighted by Gasteiger charge is 2.42. The lowest BCUT2D eigenvalue weighted by Crippen LogP contribution is -2.36. The third-order valence-corrected chi connectivity index (χ3v) is 8.09. The lowest BCUT2D eigenvalue weighted by molar-refractivity contribution is -0.140. The van der Waals surface area contributed by atoms with Crippen LogP contribution >= 0.6 is 0 Å². The van der Waals surface area contributed by atoms with Crippen LogP contribution in [-0.2, 0) is 31.0 Å². The molecule has 5 rings (SSSR count). The zero-order valence-electron chi connectivity index (χ0n) is 23.5. The second-order valence-electron chi connectivity index (χ2n) is 10.5. The van der Waals surface area contributed by atoms with E-state index >= 15 is 0 Å². The first-order valence-corrected chi connectivity index (χ1v) is 15.3. The normalized spacial score (nSPS) is 18.7. The lowest BCUT2D eigenvalue weighted by atomic mass is 9.71. The Morgan fingerprint density at radius 3 is 2.52 bits per heavy atom. The Bertz CT molecular complexity index is 1730. The summed E-state index contributed by atoms with van der Waals surface area (Å²) in [6, 6.07) is 20.8. The molecule has 9 nitrogen and oxygen atoms in total. The summed E-state index contributed by atoms with van der Waals surface area (Å²) in [5.41, 5.74) is 4.25. The van der Waals surface area contributed by atoms with Crippen molar-refractivity contribution < 1.29 is 32.6 Å². The summed E-state index contributed by atoms with van der Waals surface area (Å²) in [5.74, 6) is -0.945. The summed E-state index contributed by atoms with van der Waals surface area (Å²) >= 11 is 0. The zero-order valence-corrected chi connectivity index (χ0v) is 24.3. The predicted molar refractivity (Wildman–Crippen MR) is 158 cm³/mol. The first-order valence-electron chi connectivity index (χ1n) is 13.4. The molecule has 3 aromatic rings. The largest absolute Gasteiger partial charge is 0.508 e. The SMILES string of the molecule is COc1ccccc1C1CC(=O)C2=C(C1)NC(C)=C(C(=O)OCc1ccccc1NS(C)(=O)=O)C2c1cccc(O)c1. The molecule has 2 unspecified atom stereocenters. The van der Waals surface area contributed by atoms with E-state index in [4.69, 9.17) is 9.47 Å². The van der Waals surface area contributed by atoms with Crippen LogP contribution in [0.3, 0.4) is 0 Å². The third kappa shape index (κ3) is 6.03. The van der Waals surface area contributed by atoms with E-state index in [0.29, 0.717) is 46.0 Å². The highest BCUT2D eigenvalue weighted by atomic mass is 32.2. The Balaban J connectivity index is 1.50. The summed E-state index contributed by atoms with van der Waals surface area (Å²) < 4.78 is 37.4. The number of para-hydroxylation sites is 2. The number of ether oxygens (including phenoxy) is 2. The monoisotopic (exact) mass is 588 g/mol. The summed E-state index contributed by atoms with van der Waals surface area (Å²) in [6.45, 7) is 1.56. The van der Waals surface area contributed by atoms with Gasteiger partial charge in [-0.1, -0.05) is 48.5 Å². The standard InChI is InChI=1S/C32H32N2O7S/c1-19-29(32(37)41-18-21-9-4-6-13-25(21)34-42(3,38)39)30(20-10-8-11-23(35)15-20)31-26(33-19)16-22(17-27(31)36)24-12-5-7-14-28(24)40-2/h4-15,22,30,33-35H,16-18H2,1-3H3. The van der Waals surface area contributed by atoms with E-state index in [0.717, 1.165) is 11.8 Å². The zero-order chi connectivity index (χ0) is 30.0. The average Bonchev–Trinajstić information content (AvgIpc) is 2.95. The molecule has 1 heterocycles. The Morgan fingerprint density at radius 1 is 1.05 bits per heavy atom.